The summed E-state index contributed by atoms with van der Waals surface area (Å²) in [5, 5.41) is 4.13. The first-order chi connectivity index (χ1) is 11.2. The van der Waals surface area contributed by atoms with Crippen molar-refractivity contribution in [1.82, 2.24) is 9.78 Å². The summed E-state index contributed by atoms with van der Waals surface area (Å²) < 4.78 is 29.3. The number of fused-ring (bicyclic) bond motifs is 1. The van der Waals surface area contributed by atoms with Gasteiger partial charge < -0.3 is 4.90 Å². The Kier molecular flexibility index (Phi) is 3.67. The van der Waals surface area contributed by atoms with E-state index in [4.69, 9.17) is 0 Å². The average Bonchev–Trinajstić information content (AvgIpc) is 3.05. The van der Waals surface area contributed by atoms with Crippen LogP contribution in [0.5, 0.6) is 0 Å². The fourth-order valence-corrected chi connectivity index (χ4v) is 3.93. The molecule has 0 atom stereocenters. The molecular weight excluding hydrogens is 328 g/mol. The highest BCUT2D eigenvalue weighted by molar-refractivity contribution is 7.92. The van der Waals surface area contributed by atoms with E-state index in [0.717, 1.165) is 5.69 Å². The Hall–Kier alpha value is -2.35. The van der Waals surface area contributed by atoms with E-state index in [-0.39, 0.29) is 16.6 Å². The lowest BCUT2D eigenvalue weighted by Crippen LogP contribution is -2.33. The Morgan fingerprint density at radius 1 is 1.25 bits per heavy atom. The number of rotatable bonds is 4. The van der Waals surface area contributed by atoms with E-state index in [9.17, 15) is 13.2 Å². The van der Waals surface area contributed by atoms with Gasteiger partial charge in [-0.15, -0.1) is 0 Å². The Bertz CT molecular complexity index is 915. The van der Waals surface area contributed by atoms with Crippen molar-refractivity contribution in [2.24, 2.45) is 0 Å². The summed E-state index contributed by atoms with van der Waals surface area (Å²) in [5.74, 6) is 0.214. The lowest BCUT2D eigenvalue weighted by atomic mass is 9.86. The fraction of sp³-hybridized carbons (Fsp3) is 0.375. The first-order valence-electron chi connectivity index (χ1n) is 7.66. The predicted molar refractivity (Wildman–Crippen MR) is 91.6 cm³/mol. The Morgan fingerprint density at radius 3 is 2.58 bits per heavy atom. The standard InChI is InChI=1S/C16H20N4O3S/c1-5-20-9-8-14(17-20)18-24(22,23)11-6-7-13-12(10-11)16(2,3)15(21)19(13)4/h6-10H,5H2,1-4H3,(H,17,18). The zero-order valence-electron chi connectivity index (χ0n) is 14.1. The van der Waals surface area contributed by atoms with Crippen LogP contribution in [0.4, 0.5) is 11.5 Å². The number of aromatic nitrogens is 2. The summed E-state index contributed by atoms with van der Waals surface area (Å²) in [7, 11) is -2.08. The maximum absolute atomic E-state index is 12.6. The summed E-state index contributed by atoms with van der Waals surface area (Å²) in [6, 6.07) is 6.34. The predicted octanol–water partition coefficient (Wildman–Crippen LogP) is 1.96. The van der Waals surface area contributed by atoms with Crippen molar-refractivity contribution >= 4 is 27.4 Å². The number of hydrogen-bond donors (Lipinski definition) is 1. The molecule has 0 fully saturated rings. The molecule has 0 bridgehead atoms. The highest BCUT2D eigenvalue weighted by Crippen LogP contribution is 2.41. The molecule has 1 N–H and O–H groups in total. The number of amides is 1. The molecule has 7 nitrogen and oxygen atoms in total. The summed E-state index contributed by atoms with van der Waals surface area (Å²) in [5.41, 5.74) is 0.690. The molecule has 2 heterocycles. The fourth-order valence-electron chi connectivity index (χ4n) is 2.91. The van der Waals surface area contributed by atoms with E-state index in [1.165, 1.54) is 6.07 Å². The van der Waals surface area contributed by atoms with Crippen LogP contribution in [-0.2, 0) is 26.8 Å². The molecule has 0 saturated carbocycles. The Labute approximate surface area is 141 Å². The summed E-state index contributed by atoms with van der Waals surface area (Å²) in [6.45, 7) is 6.17. The molecule has 128 valence electrons. The molecule has 2 aromatic rings. The molecule has 0 spiro atoms. The number of likely N-dealkylation sites (N-methyl/N-ethyl adjacent to an activating group) is 1. The molecule has 0 unspecified atom stereocenters. The Morgan fingerprint density at radius 2 is 1.96 bits per heavy atom. The van der Waals surface area contributed by atoms with Crippen molar-refractivity contribution in [3.8, 4) is 0 Å². The van der Waals surface area contributed by atoms with E-state index in [1.807, 2.05) is 6.92 Å². The van der Waals surface area contributed by atoms with E-state index in [1.54, 1.807) is 54.9 Å². The molecule has 0 aliphatic carbocycles. The normalized spacial score (nSPS) is 16.3. The van der Waals surface area contributed by atoms with Gasteiger partial charge in [-0.1, -0.05) is 0 Å². The van der Waals surface area contributed by atoms with E-state index in [0.29, 0.717) is 12.1 Å². The highest BCUT2D eigenvalue weighted by Gasteiger charge is 2.42. The maximum atomic E-state index is 12.6. The number of sulfonamides is 1. The van der Waals surface area contributed by atoms with Crippen molar-refractivity contribution in [2.45, 2.75) is 37.6 Å². The van der Waals surface area contributed by atoms with Gasteiger partial charge in [0.2, 0.25) is 5.91 Å². The van der Waals surface area contributed by atoms with Crippen molar-refractivity contribution in [2.75, 3.05) is 16.7 Å². The van der Waals surface area contributed by atoms with Crippen LogP contribution in [0.1, 0.15) is 26.3 Å². The van der Waals surface area contributed by atoms with Gasteiger partial charge in [0, 0.05) is 31.5 Å². The minimum absolute atomic E-state index is 0.0540. The van der Waals surface area contributed by atoms with Gasteiger partial charge in [0.1, 0.15) is 0 Å². The molecule has 24 heavy (non-hydrogen) atoms. The Balaban J connectivity index is 1.99. The number of anilines is 2. The molecule has 1 aromatic heterocycles. The van der Waals surface area contributed by atoms with Crippen LogP contribution in [0, 0.1) is 0 Å². The maximum Gasteiger partial charge on any atom is 0.263 e. The van der Waals surface area contributed by atoms with Crippen LogP contribution in [0.15, 0.2) is 35.4 Å². The van der Waals surface area contributed by atoms with Crippen LogP contribution >= 0.6 is 0 Å². The zero-order valence-corrected chi connectivity index (χ0v) is 14.9. The first-order valence-corrected chi connectivity index (χ1v) is 9.14. The van der Waals surface area contributed by atoms with Crippen molar-refractivity contribution in [1.29, 1.82) is 0 Å². The number of aryl methyl sites for hydroxylation is 1. The van der Waals surface area contributed by atoms with Crippen molar-refractivity contribution in [3.05, 3.63) is 36.0 Å². The molecule has 3 rings (SSSR count). The van der Waals surface area contributed by atoms with Gasteiger partial charge >= 0.3 is 0 Å². The third-order valence-corrected chi connectivity index (χ3v) is 5.71. The van der Waals surface area contributed by atoms with Crippen LogP contribution in [0.25, 0.3) is 0 Å². The second-order valence-electron chi connectivity index (χ2n) is 6.33. The third kappa shape index (κ3) is 2.47. The van der Waals surface area contributed by atoms with E-state index >= 15 is 0 Å². The average molecular weight is 348 g/mol. The third-order valence-electron chi connectivity index (χ3n) is 4.36. The summed E-state index contributed by atoms with van der Waals surface area (Å²) in [6.07, 6.45) is 1.71. The number of carbonyl (C=O) groups excluding carboxylic acids is 1. The summed E-state index contributed by atoms with van der Waals surface area (Å²) >= 11 is 0. The SMILES string of the molecule is CCn1ccc(NS(=O)(=O)c2ccc3c(c2)C(C)(C)C(=O)N3C)n1. The molecule has 0 saturated heterocycles. The molecule has 1 aliphatic heterocycles. The second-order valence-corrected chi connectivity index (χ2v) is 8.01. The topological polar surface area (TPSA) is 84.3 Å². The molecule has 0 radical (unpaired) electrons. The molecule has 8 heteroatoms. The number of benzene rings is 1. The number of hydrogen-bond acceptors (Lipinski definition) is 4. The number of nitrogens with one attached hydrogen (secondary N) is 1. The largest absolute Gasteiger partial charge is 0.314 e. The molecule has 1 amide bonds. The van der Waals surface area contributed by atoms with Gasteiger partial charge in [0.15, 0.2) is 5.82 Å². The van der Waals surface area contributed by atoms with Gasteiger partial charge in [-0.25, -0.2) is 8.42 Å². The minimum atomic E-state index is -3.77. The van der Waals surface area contributed by atoms with Crippen molar-refractivity contribution in [3.63, 3.8) is 0 Å². The zero-order chi connectivity index (χ0) is 17.7. The number of carbonyl (C=O) groups is 1. The van der Waals surface area contributed by atoms with Gasteiger partial charge in [0.25, 0.3) is 10.0 Å². The molecule has 1 aliphatic rings. The molecule has 1 aromatic carbocycles. The van der Waals surface area contributed by atoms with Crippen LogP contribution < -0.4 is 9.62 Å². The lowest BCUT2D eigenvalue weighted by Gasteiger charge is -2.16. The van der Waals surface area contributed by atoms with Gasteiger partial charge in [-0.05, 0) is 44.5 Å². The van der Waals surface area contributed by atoms with E-state index < -0.39 is 15.4 Å². The molecular formula is C16H20N4O3S. The van der Waals surface area contributed by atoms with Gasteiger partial charge in [-0.3, -0.25) is 14.2 Å². The lowest BCUT2D eigenvalue weighted by molar-refractivity contribution is -0.121. The van der Waals surface area contributed by atoms with Gasteiger partial charge in [-0.2, -0.15) is 5.10 Å². The smallest absolute Gasteiger partial charge is 0.263 e. The first kappa shape index (κ1) is 16.5. The second kappa shape index (κ2) is 5.34. The monoisotopic (exact) mass is 348 g/mol. The van der Waals surface area contributed by atoms with Crippen molar-refractivity contribution < 1.29 is 13.2 Å². The van der Waals surface area contributed by atoms with E-state index in [2.05, 4.69) is 9.82 Å². The van der Waals surface area contributed by atoms with Crippen LogP contribution in [0.3, 0.4) is 0 Å². The quantitative estimate of drug-likeness (QED) is 0.915. The van der Waals surface area contributed by atoms with Crippen LogP contribution in [-0.4, -0.2) is 31.2 Å². The minimum Gasteiger partial charge on any atom is -0.314 e. The van der Waals surface area contributed by atoms with Crippen LogP contribution in [0.2, 0.25) is 0 Å². The highest BCUT2D eigenvalue weighted by atomic mass is 32.2. The van der Waals surface area contributed by atoms with Gasteiger partial charge in [0.05, 0.1) is 10.3 Å². The number of nitrogens with zero attached hydrogens (tertiary/aromatic N) is 3. The summed E-state index contributed by atoms with van der Waals surface area (Å²) in [4.78, 5) is 14.0.